The summed E-state index contributed by atoms with van der Waals surface area (Å²) in [7, 11) is 0. The molecule has 0 saturated carbocycles. The number of anilines is 2. The maximum absolute atomic E-state index is 13.5. The van der Waals surface area contributed by atoms with Gasteiger partial charge in [-0.3, -0.25) is 24.0 Å². The molecule has 0 aromatic heterocycles. The molecule has 5 aromatic carbocycles. The van der Waals surface area contributed by atoms with Gasteiger partial charge < -0.3 is 16.0 Å². The molecule has 8 nitrogen and oxygen atoms in total. The van der Waals surface area contributed by atoms with Crippen molar-refractivity contribution in [3.05, 3.63) is 165 Å². The minimum Gasteiger partial charge on any atom is -0.324 e. The summed E-state index contributed by atoms with van der Waals surface area (Å²) >= 11 is 4.66. The summed E-state index contributed by atoms with van der Waals surface area (Å²) in [6.45, 7) is 1.72. The Morgan fingerprint density at radius 2 is 1.37 bits per heavy atom. The third-order valence-electron chi connectivity index (χ3n) is 7.69. The molecule has 0 heterocycles. The topological polar surface area (TPSA) is 121 Å². The number of hydrogen-bond acceptors (Lipinski definition) is 6. The van der Waals surface area contributed by atoms with E-state index in [0.717, 1.165) is 4.47 Å². The van der Waals surface area contributed by atoms with Crippen LogP contribution >= 0.6 is 27.7 Å². The molecule has 1 atom stereocenters. The van der Waals surface area contributed by atoms with Crippen LogP contribution in [0.5, 0.6) is 0 Å². The van der Waals surface area contributed by atoms with Crippen molar-refractivity contribution < 1.29 is 24.0 Å². The van der Waals surface area contributed by atoms with E-state index in [1.807, 2.05) is 30.3 Å². The highest BCUT2D eigenvalue weighted by molar-refractivity contribution is 9.10. The second kappa shape index (κ2) is 14.7. The molecule has 3 N–H and O–H groups in total. The van der Waals surface area contributed by atoms with Crippen molar-refractivity contribution in [2.24, 2.45) is 0 Å². The maximum atomic E-state index is 13.5. The summed E-state index contributed by atoms with van der Waals surface area (Å²) in [5, 5.41) is 7.81. The van der Waals surface area contributed by atoms with Crippen molar-refractivity contribution in [1.29, 1.82) is 0 Å². The van der Waals surface area contributed by atoms with Crippen LogP contribution in [0.1, 0.15) is 54.7 Å². The second-order valence-corrected chi connectivity index (χ2v) is 13.4. The molecule has 3 amide bonds. The molecule has 242 valence electrons. The molecule has 0 saturated heterocycles. The summed E-state index contributed by atoms with van der Waals surface area (Å²) in [6.07, 6.45) is 1.59. The number of carbonyl (C=O) groups is 5. The Hall–Kier alpha value is -5.58. The number of nitrogens with one attached hydrogen (secondary N) is 3. The first-order valence-electron chi connectivity index (χ1n) is 15.2. The number of rotatable bonds is 9. The highest BCUT2D eigenvalue weighted by Gasteiger charge is 2.32. The molecule has 1 unspecified atom stereocenters. The van der Waals surface area contributed by atoms with E-state index in [-0.39, 0.29) is 40.0 Å². The van der Waals surface area contributed by atoms with Gasteiger partial charge in [-0.1, -0.05) is 88.7 Å². The molecule has 5 aromatic rings. The van der Waals surface area contributed by atoms with E-state index in [9.17, 15) is 24.0 Å². The molecule has 0 radical (unpaired) electrons. The van der Waals surface area contributed by atoms with Crippen LogP contribution in [-0.2, 0) is 9.59 Å². The number of fused-ring (bicyclic) bond motifs is 2. The molecule has 0 spiro atoms. The number of benzene rings is 5. The lowest BCUT2D eigenvalue weighted by Gasteiger charge is -2.21. The van der Waals surface area contributed by atoms with Gasteiger partial charge in [0.1, 0.15) is 5.70 Å². The van der Waals surface area contributed by atoms with E-state index in [1.54, 1.807) is 104 Å². The van der Waals surface area contributed by atoms with Gasteiger partial charge in [0.15, 0.2) is 11.6 Å². The standard InChI is InChI=1S/C39H28BrN3O5S/c1-23(37(46)42-32-16-8-15-31-34(32)36(45)30-14-6-5-13-29(30)35(31)44)49-28-12-7-11-27(22-28)41-39(48)33(21-24-17-19-26(40)20-18-24)43-38(47)25-9-3-2-4-10-25/h2-23H,1H3,(H,41,48)(H,42,46)(H,43,47)/b33-21+. The minimum atomic E-state index is -0.610. The first-order chi connectivity index (χ1) is 23.7. The molecule has 0 bridgehead atoms. The molecule has 0 fully saturated rings. The number of carbonyl (C=O) groups excluding carboxylic acids is 5. The Kier molecular flexibility index (Phi) is 9.98. The fraction of sp³-hybridized carbons (Fsp3) is 0.0513. The third-order valence-corrected chi connectivity index (χ3v) is 9.32. The SMILES string of the molecule is CC(Sc1cccc(NC(=O)/C(=C\c2ccc(Br)cc2)NC(=O)c2ccccc2)c1)C(=O)Nc1cccc2c1C(=O)c1ccccc1C2=O. The van der Waals surface area contributed by atoms with Crippen molar-refractivity contribution in [3.63, 3.8) is 0 Å². The average Bonchev–Trinajstić information content (AvgIpc) is 3.11. The zero-order valence-corrected chi connectivity index (χ0v) is 28.4. The highest BCUT2D eigenvalue weighted by atomic mass is 79.9. The van der Waals surface area contributed by atoms with Crippen molar-refractivity contribution in [3.8, 4) is 0 Å². The van der Waals surface area contributed by atoms with Crippen LogP contribution in [0.3, 0.4) is 0 Å². The Balaban J connectivity index is 1.16. The summed E-state index contributed by atoms with van der Waals surface area (Å²) in [4.78, 5) is 67.0. The fourth-order valence-corrected chi connectivity index (χ4v) is 6.45. The molecule has 10 heteroatoms. The molecule has 49 heavy (non-hydrogen) atoms. The molecular formula is C39H28BrN3O5S. The molecule has 0 aliphatic heterocycles. The fourth-order valence-electron chi connectivity index (χ4n) is 5.25. The smallest absolute Gasteiger partial charge is 0.272 e. The van der Waals surface area contributed by atoms with E-state index < -0.39 is 17.1 Å². The Morgan fingerprint density at radius 1 is 0.714 bits per heavy atom. The summed E-state index contributed by atoms with van der Waals surface area (Å²) in [5.74, 6) is -1.92. The Bertz CT molecular complexity index is 2150. The van der Waals surface area contributed by atoms with Crippen LogP contribution in [0, 0.1) is 0 Å². The molecule has 1 aliphatic rings. The van der Waals surface area contributed by atoms with E-state index in [0.29, 0.717) is 32.8 Å². The predicted octanol–water partition coefficient (Wildman–Crippen LogP) is 7.75. The summed E-state index contributed by atoms with van der Waals surface area (Å²) in [6, 6.07) is 34.4. The maximum Gasteiger partial charge on any atom is 0.272 e. The number of hydrogen-bond donors (Lipinski definition) is 3. The van der Waals surface area contributed by atoms with Gasteiger partial charge in [0.2, 0.25) is 5.91 Å². The van der Waals surface area contributed by atoms with Crippen LogP contribution in [0.2, 0.25) is 0 Å². The monoisotopic (exact) mass is 729 g/mol. The molecular weight excluding hydrogens is 702 g/mol. The normalized spacial score (nSPS) is 12.7. The van der Waals surface area contributed by atoms with E-state index >= 15 is 0 Å². The van der Waals surface area contributed by atoms with E-state index in [1.165, 1.54) is 11.8 Å². The first kappa shape index (κ1) is 33.3. The summed E-state index contributed by atoms with van der Waals surface area (Å²) < 4.78 is 0.874. The zero-order chi connectivity index (χ0) is 34.5. The predicted molar refractivity (Wildman–Crippen MR) is 195 cm³/mol. The quantitative estimate of drug-likeness (QED) is 0.103. The van der Waals surface area contributed by atoms with Gasteiger partial charge in [0.25, 0.3) is 11.8 Å². The van der Waals surface area contributed by atoms with Gasteiger partial charge >= 0.3 is 0 Å². The largest absolute Gasteiger partial charge is 0.324 e. The number of thioether (sulfide) groups is 1. The lowest BCUT2D eigenvalue weighted by molar-refractivity contribution is -0.115. The van der Waals surface area contributed by atoms with E-state index in [2.05, 4.69) is 31.9 Å². The van der Waals surface area contributed by atoms with Crippen LogP contribution < -0.4 is 16.0 Å². The van der Waals surface area contributed by atoms with Crippen molar-refractivity contribution in [2.45, 2.75) is 17.1 Å². The van der Waals surface area contributed by atoms with Crippen LogP contribution in [0.4, 0.5) is 11.4 Å². The average molecular weight is 731 g/mol. The van der Waals surface area contributed by atoms with Gasteiger partial charge in [0.05, 0.1) is 16.5 Å². The van der Waals surface area contributed by atoms with Gasteiger partial charge in [-0.25, -0.2) is 0 Å². The Morgan fingerprint density at radius 3 is 2.10 bits per heavy atom. The van der Waals surface area contributed by atoms with Crippen molar-refractivity contribution >= 4 is 74.4 Å². The first-order valence-corrected chi connectivity index (χ1v) is 16.9. The number of halogens is 1. The van der Waals surface area contributed by atoms with Gasteiger partial charge in [0, 0.05) is 37.3 Å². The van der Waals surface area contributed by atoms with Gasteiger partial charge in [-0.2, -0.15) is 0 Å². The van der Waals surface area contributed by atoms with Crippen LogP contribution in [-0.4, -0.2) is 34.5 Å². The zero-order valence-electron chi connectivity index (χ0n) is 26.0. The van der Waals surface area contributed by atoms with Gasteiger partial charge in [-0.15, -0.1) is 11.8 Å². The lowest BCUT2D eigenvalue weighted by Crippen LogP contribution is -2.30. The van der Waals surface area contributed by atoms with E-state index in [4.69, 9.17) is 0 Å². The summed E-state index contributed by atoms with van der Waals surface area (Å²) in [5.41, 5.74) is 2.95. The lowest BCUT2D eigenvalue weighted by atomic mass is 9.83. The van der Waals surface area contributed by atoms with Crippen molar-refractivity contribution in [1.82, 2.24) is 5.32 Å². The van der Waals surface area contributed by atoms with Crippen LogP contribution in [0.25, 0.3) is 6.08 Å². The third kappa shape index (κ3) is 7.61. The number of ketones is 2. The number of amides is 3. The molecule has 1 aliphatic carbocycles. The molecule has 6 rings (SSSR count). The minimum absolute atomic E-state index is 0.0452. The highest BCUT2D eigenvalue weighted by Crippen LogP contribution is 2.33. The van der Waals surface area contributed by atoms with Crippen LogP contribution in [0.15, 0.2) is 136 Å². The van der Waals surface area contributed by atoms with Crippen molar-refractivity contribution in [2.75, 3.05) is 10.6 Å². The Labute approximate surface area is 295 Å². The van der Waals surface area contributed by atoms with Gasteiger partial charge in [-0.05, 0) is 67.1 Å². The second-order valence-electron chi connectivity index (χ2n) is 11.1.